The summed E-state index contributed by atoms with van der Waals surface area (Å²) < 4.78 is 5.62. The first-order valence-electron chi connectivity index (χ1n) is 5.94. The van der Waals surface area contributed by atoms with Gasteiger partial charge in [0.15, 0.2) is 4.67 Å². The van der Waals surface area contributed by atoms with Gasteiger partial charge in [-0.1, -0.05) is 0 Å². The summed E-state index contributed by atoms with van der Waals surface area (Å²) in [5.74, 6) is 0.593. The van der Waals surface area contributed by atoms with Gasteiger partial charge in [-0.05, 0) is 53.7 Å². The number of carbonyl (C=O) groups excluding carboxylic acids is 1. The van der Waals surface area contributed by atoms with Crippen molar-refractivity contribution >= 4 is 21.8 Å². The molecule has 4 nitrogen and oxygen atoms in total. The van der Waals surface area contributed by atoms with Crippen LogP contribution in [-0.2, 0) is 0 Å². The minimum atomic E-state index is 0.0485. The Morgan fingerprint density at radius 3 is 3.12 bits per heavy atom. The van der Waals surface area contributed by atoms with Gasteiger partial charge in [0.2, 0.25) is 0 Å². The van der Waals surface area contributed by atoms with Gasteiger partial charge in [-0.3, -0.25) is 4.79 Å². The third kappa shape index (κ3) is 2.90. The lowest BCUT2D eigenvalue weighted by molar-refractivity contribution is 0.0667. The van der Waals surface area contributed by atoms with E-state index >= 15 is 0 Å². The second-order valence-corrected chi connectivity index (χ2v) is 5.16. The van der Waals surface area contributed by atoms with E-state index in [0.29, 0.717) is 22.7 Å². The number of halogens is 1. The Balaban J connectivity index is 2.02. The van der Waals surface area contributed by atoms with Gasteiger partial charge in [0.1, 0.15) is 0 Å². The third-order valence-corrected chi connectivity index (χ3v) is 3.84. The molecule has 17 heavy (non-hydrogen) atoms. The molecule has 2 N–H and O–H groups in total. The first-order valence-corrected chi connectivity index (χ1v) is 6.74. The Morgan fingerprint density at radius 1 is 1.65 bits per heavy atom. The van der Waals surface area contributed by atoms with Crippen molar-refractivity contribution in [2.75, 3.05) is 19.6 Å². The summed E-state index contributed by atoms with van der Waals surface area (Å²) in [6, 6.07) is 1.71. The van der Waals surface area contributed by atoms with E-state index in [2.05, 4.69) is 15.9 Å². The first kappa shape index (κ1) is 12.6. The van der Waals surface area contributed by atoms with E-state index < -0.39 is 0 Å². The monoisotopic (exact) mass is 300 g/mol. The van der Waals surface area contributed by atoms with Crippen LogP contribution >= 0.6 is 15.9 Å². The van der Waals surface area contributed by atoms with E-state index in [4.69, 9.17) is 10.2 Å². The Hall–Kier alpha value is -0.810. The predicted octanol–water partition coefficient (Wildman–Crippen LogP) is 2.24. The standard InChI is InChI=1S/C12H17BrN2O2/c13-11-10(4-7-17-11)12(16)15-6-1-2-9(8-15)3-5-14/h4,7,9H,1-3,5-6,8,14H2. The molecule has 0 aliphatic carbocycles. The lowest BCUT2D eigenvalue weighted by Gasteiger charge is -2.32. The van der Waals surface area contributed by atoms with Crippen LogP contribution < -0.4 is 5.73 Å². The summed E-state index contributed by atoms with van der Waals surface area (Å²) in [4.78, 5) is 14.1. The molecule has 0 bridgehead atoms. The van der Waals surface area contributed by atoms with Gasteiger partial charge < -0.3 is 15.1 Å². The van der Waals surface area contributed by atoms with Crippen molar-refractivity contribution in [3.8, 4) is 0 Å². The van der Waals surface area contributed by atoms with Crippen molar-refractivity contribution in [1.82, 2.24) is 4.90 Å². The summed E-state index contributed by atoms with van der Waals surface area (Å²) in [6.07, 6.45) is 4.76. The Kier molecular flexibility index (Phi) is 4.23. The number of likely N-dealkylation sites (tertiary alicyclic amines) is 1. The van der Waals surface area contributed by atoms with Crippen LogP contribution in [0.2, 0.25) is 0 Å². The molecule has 1 aliphatic heterocycles. The third-order valence-electron chi connectivity index (χ3n) is 3.23. The number of hydrogen-bond donors (Lipinski definition) is 1. The minimum Gasteiger partial charge on any atom is -0.457 e. The topological polar surface area (TPSA) is 59.5 Å². The maximum absolute atomic E-state index is 12.2. The molecule has 1 aromatic heterocycles. The number of furan rings is 1. The van der Waals surface area contributed by atoms with Crippen LogP contribution in [0.25, 0.3) is 0 Å². The number of carbonyl (C=O) groups is 1. The Morgan fingerprint density at radius 2 is 2.47 bits per heavy atom. The predicted molar refractivity (Wildman–Crippen MR) is 68.7 cm³/mol. The van der Waals surface area contributed by atoms with E-state index in [-0.39, 0.29) is 5.91 Å². The molecule has 1 atom stereocenters. The fourth-order valence-corrected chi connectivity index (χ4v) is 2.75. The van der Waals surface area contributed by atoms with Gasteiger partial charge in [0, 0.05) is 13.1 Å². The lowest BCUT2D eigenvalue weighted by Crippen LogP contribution is -2.40. The van der Waals surface area contributed by atoms with Crippen LogP contribution in [0, 0.1) is 5.92 Å². The largest absolute Gasteiger partial charge is 0.457 e. The normalized spacial score (nSPS) is 20.6. The zero-order valence-electron chi connectivity index (χ0n) is 9.69. The highest BCUT2D eigenvalue weighted by Crippen LogP contribution is 2.24. The molecule has 2 heterocycles. The summed E-state index contributed by atoms with van der Waals surface area (Å²) in [7, 11) is 0. The molecule has 1 saturated heterocycles. The van der Waals surface area contributed by atoms with Crippen molar-refractivity contribution in [1.29, 1.82) is 0 Å². The van der Waals surface area contributed by atoms with Gasteiger partial charge >= 0.3 is 0 Å². The second kappa shape index (κ2) is 5.69. The zero-order valence-corrected chi connectivity index (χ0v) is 11.3. The number of piperidine rings is 1. The molecule has 0 radical (unpaired) electrons. The van der Waals surface area contributed by atoms with Crippen LogP contribution in [0.1, 0.15) is 29.6 Å². The van der Waals surface area contributed by atoms with Gasteiger partial charge in [-0.25, -0.2) is 0 Å². The zero-order chi connectivity index (χ0) is 12.3. The van der Waals surface area contributed by atoms with Crippen molar-refractivity contribution in [3.63, 3.8) is 0 Å². The number of hydrogen-bond acceptors (Lipinski definition) is 3. The smallest absolute Gasteiger partial charge is 0.258 e. The van der Waals surface area contributed by atoms with Gasteiger partial charge in [-0.2, -0.15) is 0 Å². The summed E-state index contributed by atoms with van der Waals surface area (Å²) in [5, 5.41) is 0. The fraction of sp³-hybridized carbons (Fsp3) is 0.583. The highest BCUT2D eigenvalue weighted by atomic mass is 79.9. The molecule has 2 rings (SSSR count). The number of amides is 1. The fourth-order valence-electron chi connectivity index (χ4n) is 2.34. The Bertz CT molecular complexity index is 390. The molecule has 94 valence electrons. The van der Waals surface area contributed by atoms with Crippen LogP contribution in [-0.4, -0.2) is 30.4 Å². The molecule has 1 aliphatic rings. The maximum atomic E-state index is 12.2. The highest BCUT2D eigenvalue weighted by Gasteiger charge is 2.25. The number of rotatable bonds is 3. The lowest BCUT2D eigenvalue weighted by atomic mass is 9.94. The van der Waals surface area contributed by atoms with Crippen LogP contribution in [0.4, 0.5) is 0 Å². The molecule has 1 unspecified atom stereocenters. The van der Waals surface area contributed by atoms with Gasteiger partial charge in [0.05, 0.1) is 11.8 Å². The van der Waals surface area contributed by atoms with Crippen molar-refractivity contribution in [3.05, 3.63) is 22.6 Å². The summed E-state index contributed by atoms with van der Waals surface area (Å²) in [6.45, 7) is 2.34. The van der Waals surface area contributed by atoms with E-state index in [1.165, 1.54) is 12.7 Å². The second-order valence-electron chi connectivity index (χ2n) is 4.44. The van der Waals surface area contributed by atoms with Gasteiger partial charge in [-0.15, -0.1) is 0 Å². The molecule has 1 amide bonds. The first-order chi connectivity index (χ1) is 8.22. The molecule has 0 saturated carbocycles. The van der Waals surface area contributed by atoms with Crippen molar-refractivity contribution in [2.24, 2.45) is 11.7 Å². The molecule has 1 fully saturated rings. The van der Waals surface area contributed by atoms with Crippen molar-refractivity contribution < 1.29 is 9.21 Å². The summed E-state index contributed by atoms with van der Waals surface area (Å²) >= 11 is 3.25. The summed E-state index contributed by atoms with van der Waals surface area (Å²) in [5.41, 5.74) is 6.18. The van der Waals surface area contributed by atoms with E-state index in [9.17, 15) is 4.79 Å². The van der Waals surface area contributed by atoms with Crippen molar-refractivity contribution in [2.45, 2.75) is 19.3 Å². The molecule has 0 aromatic carbocycles. The maximum Gasteiger partial charge on any atom is 0.258 e. The number of nitrogens with two attached hydrogens (primary N) is 1. The molecule has 0 spiro atoms. The van der Waals surface area contributed by atoms with Crippen LogP contribution in [0.3, 0.4) is 0 Å². The number of nitrogens with zero attached hydrogens (tertiary/aromatic N) is 1. The molecule has 1 aromatic rings. The van der Waals surface area contributed by atoms with Gasteiger partial charge in [0.25, 0.3) is 5.91 Å². The average molecular weight is 301 g/mol. The Labute approximate surface area is 109 Å². The van der Waals surface area contributed by atoms with E-state index in [0.717, 1.165) is 25.9 Å². The SMILES string of the molecule is NCCC1CCCN(C(=O)c2ccoc2Br)C1. The molecular weight excluding hydrogens is 284 g/mol. The quantitative estimate of drug-likeness (QED) is 0.931. The highest BCUT2D eigenvalue weighted by molar-refractivity contribution is 9.10. The van der Waals surface area contributed by atoms with Crippen LogP contribution in [0.5, 0.6) is 0 Å². The minimum absolute atomic E-state index is 0.0485. The molecule has 5 heteroatoms. The van der Waals surface area contributed by atoms with E-state index in [1.807, 2.05) is 4.90 Å². The molecular formula is C12H17BrN2O2. The van der Waals surface area contributed by atoms with Crippen LogP contribution in [0.15, 0.2) is 21.4 Å². The van der Waals surface area contributed by atoms with E-state index in [1.54, 1.807) is 6.07 Å². The average Bonchev–Trinajstić information content (AvgIpc) is 2.75.